The Balaban J connectivity index is 1.58. The van der Waals surface area contributed by atoms with Crippen molar-refractivity contribution in [1.29, 1.82) is 0 Å². The van der Waals surface area contributed by atoms with Gasteiger partial charge >= 0.3 is 0 Å². The molecule has 0 spiro atoms. The van der Waals surface area contributed by atoms with Crippen molar-refractivity contribution in [2.45, 2.75) is 43.6 Å². The lowest BCUT2D eigenvalue weighted by atomic mass is 9.52. The number of rotatable bonds is 7. The molecule has 2 fully saturated rings. The van der Waals surface area contributed by atoms with Gasteiger partial charge in [-0.1, -0.05) is 6.07 Å². The van der Waals surface area contributed by atoms with Gasteiger partial charge in [0, 0.05) is 38.0 Å². The molecule has 2 bridgehead atoms. The molecule has 0 N–H and O–H groups in total. The zero-order valence-corrected chi connectivity index (χ0v) is 16.5. The van der Waals surface area contributed by atoms with E-state index in [2.05, 4.69) is 23.1 Å². The van der Waals surface area contributed by atoms with Crippen molar-refractivity contribution in [3.63, 3.8) is 0 Å². The zero-order chi connectivity index (χ0) is 18.9. The van der Waals surface area contributed by atoms with E-state index in [1.807, 2.05) is 0 Å². The van der Waals surface area contributed by atoms with Crippen LogP contribution in [0.2, 0.25) is 0 Å². The Morgan fingerprint density at radius 2 is 2.11 bits per heavy atom. The number of ether oxygens (including phenoxy) is 3. The molecule has 1 aromatic rings. The van der Waals surface area contributed by atoms with Gasteiger partial charge < -0.3 is 14.2 Å². The number of fused-ring (bicyclic) bond motifs is 1. The van der Waals surface area contributed by atoms with Crippen LogP contribution in [0.3, 0.4) is 0 Å². The van der Waals surface area contributed by atoms with Gasteiger partial charge in [0.2, 0.25) is 0 Å². The lowest BCUT2D eigenvalue weighted by molar-refractivity contribution is -0.127. The highest BCUT2D eigenvalue weighted by atomic mass is 16.5. The number of likely N-dealkylation sites (tertiary alicyclic amines) is 1. The molecule has 3 aliphatic rings. The van der Waals surface area contributed by atoms with E-state index in [-0.39, 0.29) is 5.41 Å². The molecule has 1 saturated carbocycles. The summed E-state index contributed by atoms with van der Waals surface area (Å²) < 4.78 is 16.3. The minimum absolute atomic E-state index is 0.00946. The number of benzene rings is 1. The van der Waals surface area contributed by atoms with Gasteiger partial charge in [0.05, 0.1) is 26.9 Å². The first-order valence-corrected chi connectivity index (χ1v) is 10.2. The smallest absolute Gasteiger partial charge is 0.133 e. The summed E-state index contributed by atoms with van der Waals surface area (Å²) in [6, 6.07) is 7.00. The summed E-state index contributed by atoms with van der Waals surface area (Å²) in [5.74, 6) is 1.90. The first-order valence-electron chi connectivity index (χ1n) is 10.2. The maximum absolute atomic E-state index is 12.5. The molecular formula is C22H31NO4. The number of nitrogens with zero attached hydrogens (tertiary/aromatic N) is 1. The van der Waals surface area contributed by atoms with Crippen LogP contribution in [0.5, 0.6) is 5.75 Å². The molecule has 1 unspecified atom stereocenters. The van der Waals surface area contributed by atoms with Crippen LogP contribution in [0.25, 0.3) is 0 Å². The second-order valence-corrected chi connectivity index (χ2v) is 8.20. The van der Waals surface area contributed by atoms with Crippen LogP contribution in [0.4, 0.5) is 0 Å². The molecule has 1 aromatic carbocycles. The maximum Gasteiger partial charge on any atom is 0.133 e. The molecule has 1 aliphatic heterocycles. The second kappa shape index (κ2) is 7.90. The third-order valence-electron chi connectivity index (χ3n) is 6.97. The van der Waals surface area contributed by atoms with Crippen molar-refractivity contribution in [2.24, 2.45) is 5.92 Å². The van der Waals surface area contributed by atoms with Crippen LogP contribution in [0.15, 0.2) is 18.2 Å². The monoisotopic (exact) mass is 373 g/mol. The van der Waals surface area contributed by atoms with Crippen molar-refractivity contribution in [2.75, 3.05) is 47.1 Å². The van der Waals surface area contributed by atoms with Gasteiger partial charge in [0.25, 0.3) is 0 Å². The Bertz CT molecular complexity index is 691. The Kier molecular flexibility index (Phi) is 5.53. The highest BCUT2D eigenvalue weighted by molar-refractivity contribution is 5.81. The molecule has 2 aliphatic carbocycles. The number of hydrogen-bond donors (Lipinski definition) is 0. The highest BCUT2D eigenvalue weighted by Crippen LogP contribution is 2.55. The zero-order valence-electron chi connectivity index (χ0n) is 16.5. The molecule has 5 heteroatoms. The summed E-state index contributed by atoms with van der Waals surface area (Å²) in [7, 11) is 3.42. The molecule has 1 saturated heterocycles. The van der Waals surface area contributed by atoms with E-state index >= 15 is 0 Å². The Labute approximate surface area is 162 Å². The van der Waals surface area contributed by atoms with E-state index in [1.54, 1.807) is 14.2 Å². The lowest BCUT2D eigenvalue weighted by Gasteiger charge is -2.58. The van der Waals surface area contributed by atoms with Crippen LogP contribution in [0, 0.1) is 5.92 Å². The molecule has 1 heterocycles. The fourth-order valence-corrected chi connectivity index (χ4v) is 5.72. The molecule has 0 aromatic heterocycles. The van der Waals surface area contributed by atoms with E-state index < -0.39 is 0 Å². The van der Waals surface area contributed by atoms with Gasteiger partial charge in [-0.25, -0.2) is 0 Å². The van der Waals surface area contributed by atoms with Gasteiger partial charge in [-0.15, -0.1) is 0 Å². The van der Waals surface area contributed by atoms with Crippen LogP contribution in [-0.2, 0) is 26.1 Å². The topological polar surface area (TPSA) is 48.0 Å². The van der Waals surface area contributed by atoms with Crippen molar-refractivity contribution < 1.29 is 19.0 Å². The van der Waals surface area contributed by atoms with Crippen molar-refractivity contribution in [3.8, 4) is 5.75 Å². The first kappa shape index (κ1) is 18.9. The summed E-state index contributed by atoms with van der Waals surface area (Å²) in [5.41, 5.74) is 2.79. The predicted octanol–water partition coefficient (Wildman–Crippen LogP) is 2.60. The maximum atomic E-state index is 12.5. The molecule has 0 amide bonds. The van der Waals surface area contributed by atoms with Crippen LogP contribution in [-0.4, -0.2) is 63.9 Å². The lowest BCUT2D eigenvalue weighted by Crippen LogP contribution is -2.62. The van der Waals surface area contributed by atoms with Gasteiger partial charge in [-0.05, 0) is 55.0 Å². The Morgan fingerprint density at radius 3 is 2.93 bits per heavy atom. The molecular weight excluding hydrogens is 342 g/mol. The van der Waals surface area contributed by atoms with Gasteiger partial charge in [-0.3, -0.25) is 9.69 Å². The highest BCUT2D eigenvalue weighted by Gasteiger charge is 2.55. The number of ketones is 1. The average Bonchev–Trinajstić information content (AvgIpc) is 2.68. The third kappa shape index (κ3) is 3.41. The molecule has 148 valence electrons. The average molecular weight is 373 g/mol. The summed E-state index contributed by atoms with van der Waals surface area (Å²) in [6.45, 7) is 4.04. The van der Waals surface area contributed by atoms with E-state index in [1.165, 1.54) is 11.1 Å². The predicted molar refractivity (Wildman–Crippen MR) is 103 cm³/mol. The molecule has 0 radical (unpaired) electrons. The number of Topliss-reactive ketones (excluding diaryl/α,β-unsaturated/α-hetero) is 1. The summed E-state index contributed by atoms with van der Waals surface area (Å²) in [6.07, 6.45) is 4.57. The van der Waals surface area contributed by atoms with Gasteiger partial charge in [0.1, 0.15) is 11.5 Å². The fraction of sp³-hybridized carbons (Fsp3) is 0.682. The minimum Gasteiger partial charge on any atom is -0.497 e. The Morgan fingerprint density at radius 1 is 1.22 bits per heavy atom. The molecule has 27 heavy (non-hydrogen) atoms. The number of methoxy groups -OCH3 is 2. The van der Waals surface area contributed by atoms with Crippen molar-refractivity contribution >= 4 is 5.78 Å². The summed E-state index contributed by atoms with van der Waals surface area (Å²) in [5, 5.41) is 0. The van der Waals surface area contributed by atoms with E-state index in [0.717, 1.165) is 51.1 Å². The summed E-state index contributed by atoms with van der Waals surface area (Å²) >= 11 is 0. The van der Waals surface area contributed by atoms with Crippen LogP contribution < -0.4 is 4.74 Å². The largest absolute Gasteiger partial charge is 0.497 e. The number of carbonyl (C=O) groups is 1. The van der Waals surface area contributed by atoms with E-state index in [9.17, 15) is 4.79 Å². The Hall–Kier alpha value is -1.43. The second-order valence-electron chi connectivity index (χ2n) is 8.20. The third-order valence-corrected chi connectivity index (χ3v) is 6.97. The first-order chi connectivity index (χ1) is 13.2. The standard InChI is InChI=1S/C22H31NO4/c1-25-11-12-27-10-9-23-8-7-22-15-17(24)4-6-19(22)21(23)13-16-3-5-18(26-2)14-20(16)22/h3,5,14,19,21H,4,6-13,15H2,1-2H3/t19-,21+,22?/m0/s1. The SMILES string of the molecule is COCCOCCN1CCC23CC(=O)CC[C@H]2[C@H]1Cc1ccc(OC)cc13. The van der Waals surface area contributed by atoms with E-state index in [4.69, 9.17) is 14.2 Å². The van der Waals surface area contributed by atoms with Crippen molar-refractivity contribution in [1.82, 2.24) is 4.90 Å². The summed E-state index contributed by atoms with van der Waals surface area (Å²) in [4.78, 5) is 15.1. The molecule has 4 rings (SSSR count). The number of piperidine rings is 1. The van der Waals surface area contributed by atoms with E-state index in [0.29, 0.717) is 37.4 Å². The molecule has 3 atom stereocenters. The van der Waals surface area contributed by atoms with Gasteiger partial charge in [-0.2, -0.15) is 0 Å². The molecule has 5 nitrogen and oxygen atoms in total. The normalized spacial score (nSPS) is 29.9. The van der Waals surface area contributed by atoms with Crippen LogP contribution in [0.1, 0.15) is 36.8 Å². The van der Waals surface area contributed by atoms with Crippen molar-refractivity contribution in [3.05, 3.63) is 29.3 Å². The minimum atomic E-state index is 0.00946. The quantitative estimate of drug-likeness (QED) is 0.688. The number of hydrogen-bond acceptors (Lipinski definition) is 5. The fourth-order valence-electron chi connectivity index (χ4n) is 5.72. The van der Waals surface area contributed by atoms with Gasteiger partial charge in [0.15, 0.2) is 0 Å². The number of carbonyl (C=O) groups excluding carboxylic acids is 1. The van der Waals surface area contributed by atoms with Crippen LogP contribution >= 0.6 is 0 Å².